The monoisotopic (exact) mass is 376 g/mol. The fourth-order valence-corrected chi connectivity index (χ4v) is 3.01. The molecule has 0 radical (unpaired) electrons. The summed E-state index contributed by atoms with van der Waals surface area (Å²) in [7, 11) is 0. The van der Waals surface area contributed by atoms with E-state index in [4.69, 9.17) is 10.3 Å². The summed E-state index contributed by atoms with van der Waals surface area (Å²) in [4.78, 5) is 42.1. The number of carbonyl (C=O) groups excluding carboxylic acids is 3. The number of hydrogen-bond donors (Lipinski definition) is 1. The van der Waals surface area contributed by atoms with Gasteiger partial charge in [-0.15, -0.1) is 0 Å². The summed E-state index contributed by atoms with van der Waals surface area (Å²) in [5.41, 5.74) is 7.51. The van der Waals surface area contributed by atoms with E-state index in [2.05, 4.69) is 14.9 Å². The lowest BCUT2D eigenvalue weighted by molar-refractivity contribution is -0.180. The molecule has 3 atom stereocenters. The molecule has 2 amide bonds. The highest BCUT2D eigenvalue weighted by Gasteiger charge is 2.41. The first kappa shape index (κ1) is 20.9. The van der Waals surface area contributed by atoms with Crippen molar-refractivity contribution in [2.24, 2.45) is 10.5 Å². The van der Waals surface area contributed by atoms with Gasteiger partial charge in [0.25, 0.3) is 11.8 Å². The molecule has 1 fully saturated rings. The molecule has 1 rings (SSSR count). The van der Waals surface area contributed by atoms with Crippen molar-refractivity contribution < 1.29 is 32.7 Å². The molecular formula is C13H20N4O7S. The molecule has 3 unspecified atom stereocenters. The number of rotatable bonds is 8. The van der Waals surface area contributed by atoms with Crippen molar-refractivity contribution in [3.63, 3.8) is 0 Å². The van der Waals surface area contributed by atoms with Crippen LogP contribution in [0.1, 0.15) is 40.0 Å². The van der Waals surface area contributed by atoms with Crippen molar-refractivity contribution in [3.8, 4) is 0 Å². The van der Waals surface area contributed by atoms with Crippen molar-refractivity contribution >= 4 is 29.1 Å². The average Bonchev–Trinajstić information content (AvgIpc) is 2.83. The van der Waals surface area contributed by atoms with E-state index < -0.39 is 45.8 Å². The Morgan fingerprint density at radius 2 is 2.00 bits per heavy atom. The number of hydrogen-bond acceptors (Lipinski definition) is 7. The fourth-order valence-electron chi connectivity index (χ4n) is 2.38. The normalized spacial score (nSPS) is 18.3. The molecule has 1 aliphatic rings. The second-order valence-electron chi connectivity index (χ2n) is 6.14. The Kier molecular flexibility index (Phi) is 7.34. The lowest BCUT2D eigenvalue weighted by Crippen LogP contribution is -2.45. The maximum atomic E-state index is 12.0. The highest BCUT2D eigenvalue weighted by atomic mass is 32.2. The molecule has 1 heterocycles. The van der Waals surface area contributed by atoms with Crippen LogP contribution in [0, 0.1) is 5.41 Å². The Morgan fingerprint density at radius 3 is 2.48 bits per heavy atom. The molecule has 140 valence electrons. The number of imide groups is 1. The SMILES string of the molecule is CC(C(OC(=O)ON1C(=O)CCC1=O)C(C)(C)CCN=[N+]=[N-])S(=O)O. The van der Waals surface area contributed by atoms with Gasteiger partial charge in [-0.25, -0.2) is 9.00 Å². The topological polar surface area (TPSA) is 159 Å². The van der Waals surface area contributed by atoms with Gasteiger partial charge in [-0.1, -0.05) is 24.0 Å². The summed E-state index contributed by atoms with van der Waals surface area (Å²) < 4.78 is 25.9. The number of carbonyl (C=O) groups is 3. The van der Waals surface area contributed by atoms with E-state index >= 15 is 0 Å². The van der Waals surface area contributed by atoms with E-state index in [1.54, 1.807) is 13.8 Å². The molecule has 0 spiro atoms. The first-order valence-electron chi connectivity index (χ1n) is 7.45. The second-order valence-corrected chi connectivity index (χ2v) is 7.43. The zero-order chi connectivity index (χ0) is 19.2. The van der Waals surface area contributed by atoms with Gasteiger partial charge >= 0.3 is 6.16 Å². The van der Waals surface area contributed by atoms with Crippen LogP contribution in [0.5, 0.6) is 0 Å². The van der Waals surface area contributed by atoms with Crippen LogP contribution >= 0.6 is 0 Å². The number of amides is 2. The second kappa shape index (κ2) is 8.79. The molecule has 11 nitrogen and oxygen atoms in total. The first-order valence-corrected chi connectivity index (χ1v) is 8.62. The van der Waals surface area contributed by atoms with Gasteiger partial charge in [0.15, 0.2) is 11.1 Å². The van der Waals surface area contributed by atoms with Gasteiger partial charge in [-0.05, 0) is 18.9 Å². The quantitative estimate of drug-likeness (QED) is 0.169. The maximum absolute atomic E-state index is 12.0. The lowest BCUT2D eigenvalue weighted by atomic mass is 9.81. The van der Waals surface area contributed by atoms with Gasteiger partial charge in [-0.2, -0.15) is 0 Å². The summed E-state index contributed by atoms with van der Waals surface area (Å²) in [6, 6.07) is 0. The van der Waals surface area contributed by atoms with Gasteiger partial charge in [0.1, 0.15) is 6.10 Å². The Hall–Kier alpha value is -2.17. The lowest BCUT2D eigenvalue weighted by Gasteiger charge is -2.35. The number of ether oxygens (including phenoxy) is 1. The summed E-state index contributed by atoms with van der Waals surface area (Å²) in [5, 5.41) is 2.74. The van der Waals surface area contributed by atoms with Crippen LogP contribution in [0.15, 0.2) is 5.11 Å². The van der Waals surface area contributed by atoms with E-state index in [1.807, 2.05) is 0 Å². The van der Waals surface area contributed by atoms with Crippen LogP contribution in [-0.4, -0.2) is 49.7 Å². The molecule has 0 bridgehead atoms. The predicted octanol–water partition coefficient (Wildman–Crippen LogP) is 1.91. The summed E-state index contributed by atoms with van der Waals surface area (Å²) in [5.74, 6) is -1.33. The summed E-state index contributed by atoms with van der Waals surface area (Å²) >= 11 is -2.31. The molecule has 1 aliphatic heterocycles. The maximum Gasteiger partial charge on any atom is 0.534 e. The Bertz CT molecular complexity index is 601. The summed E-state index contributed by atoms with van der Waals surface area (Å²) in [6.07, 6.45) is -2.29. The van der Waals surface area contributed by atoms with Gasteiger partial charge in [0.2, 0.25) is 0 Å². The molecule has 1 saturated heterocycles. The molecule has 0 saturated carbocycles. The van der Waals surface area contributed by atoms with Crippen LogP contribution < -0.4 is 0 Å². The molecular weight excluding hydrogens is 356 g/mol. The zero-order valence-electron chi connectivity index (χ0n) is 14.1. The third kappa shape index (κ3) is 5.69. The third-order valence-electron chi connectivity index (χ3n) is 3.83. The van der Waals surface area contributed by atoms with Crippen LogP contribution in [0.2, 0.25) is 0 Å². The number of azide groups is 1. The van der Waals surface area contributed by atoms with E-state index in [9.17, 15) is 23.1 Å². The van der Waals surface area contributed by atoms with Gasteiger partial charge in [0, 0.05) is 29.7 Å². The van der Waals surface area contributed by atoms with Gasteiger partial charge in [0.05, 0.1) is 5.25 Å². The summed E-state index contributed by atoms with van der Waals surface area (Å²) in [6.45, 7) is 4.81. The molecule has 25 heavy (non-hydrogen) atoms. The standard InChI is InChI=1S/C13H20N4O7S/c1-8(25(21)22)11(13(2,3)6-7-15-16-14)23-12(20)24-17-9(18)4-5-10(17)19/h8,11H,4-7H2,1-3H3,(H,21,22). The number of hydroxylamine groups is 2. The smallest absolute Gasteiger partial charge is 0.427 e. The zero-order valence-corrected chi connectivity index (χ0v) is 14.9. The van der Waals surface area contributed by atoms with E-state index in [0.717, 1.165) is 0 Å². The van der Waals surface area contributed by atoms with Crippen molar-refractivity contribution in [2.45, 2.75) is 51.4 Å². The Labute approximate surface area is 146 Å². The highest BCUT2D eigenvalue weighted by molar-refractivity contribution is 7.79. The van der Waals surface area contributed by atoms with E-state index in [0.29, 0.717) is 5.06 Å². The molecule has 0 aromatic carbocycles. The van der Waals surface area contributed by atoms with Crippen molar-refractivity contribution in [2.75, 3.05) is 6.54 Å². The fraction of sp³-hybridized carbons (Fsp3) is 0.769. The molecule has 0 aromatic rings. The molecule has 0 aromatic heterocycles. The first-order chi connectivity index (χ1) is 11.6. The van der Waals surface area contributed by atoms with E-state index in [1.165, 1.54) is 6.92 Å². The highest BCUT2D eigenvalue weighted by Crippen LogP contribution is 2.32. The average molecular weight is 376 g/mol. The van der Waals surface area contributed by atoms with Crippen LogP contribution in [0.4, 0.5) is 4.79 Å². The molecule has 0 aliphatic carbocycles. The van der Waals surface area contributed by atoms with Crippen LogP contribution in [-0.2, 0) is 30.2 Å². The van der Waals surface area contributed by atoms with E-state index in [-0.39, 0.29) is 25.8 Å². The van der Waals surface area contributed by atoms with Gasteiger partial charge in [-0.3, -0.25) is 14.4 Å². The van der Waals surface area contributed by atoms with Crippen molar-refractivity contribution in [3.05, 3.63) is 10.4 Å². The van der Waals surface area contributed by atoms with Crippen LogP contribution in [0.3, 0.4) is 0 Å². The van der Waals surface area contributed by atoms with Crippen molar-refractivity contribution in [1.82, 2.24) is 5.06 Å². The molecule has 1 N–H and O–H groups in total. The van der Waals surface area contributed by atoms with Crippen molar-refractivity contribution in [1.29, 1.82) is 0 Å². The number of nitrogens with zero attached hydrogens (tertiary/aromatic N) is 4. The predicted molar refractivity (Wildman–Crippen MR) is 85.1 cm³/mol. The van der Waals surface area contributed by atoms with Gasteiger partial charge < -0.3 is 9.29 Å². The minimum Gasteiger partial charge on any atom is -0.427 e. The largest absolute Gasteiger partial charge is 0.534 e. The third-order valence-corrected chi connectivity index (χ3v) is 4.71. The molecule has 12 heteroatoms. The Balaban J connectivity index is 2.87. The minimum absolute atomic E-state index is 0.0652. The van der Waals surface area contributed by atoms with Crippen LogP contribution in [0.25, 0.3) is 10.4 Å². The minimum atomic E-state index is -2.31. The Morgan fingerprint density at radius 1 is 1.44 bits per heavy atom.